The van der Waals surface area contributed by atoms with Gasteiger partial charge < -0.3 is 14.6 Å². The number of hydrogen-bond donors (Lipinski definition) is 1. The summed E-state index contributed by atoms with van der Waals surface area (Å²) >= 11 is 0. The quantitative estimate of drug-likeness (QED) is 0.789. The minimum Gasteiger partial charge on any atom is -0.494 e. The zero-order valence-corrected chi connectivity index (χ0v) is 13.6. The number of benzene rings is 2. The van der Waals surface area contributed by atoms with Crippen LogP contribution in [0.5, 0.6) is 17.4 Å². The first-order valence-corrected chi connectivity index (χ1v) is 7.35. The smallest absolute Gasteiger partial charge is 0.262 e. The molecule has 0 saturated heterocycles. The van der Waals surface area contributed by atoms with E-state index in [0.29, 0.717) is 22.7 Å². The fourth-order valence-electron chi connectivity index (χ4n) is 2.53. The van der Waals surface area contributed by atoms with Crippen LogP contribution in [0.25, 0.3) is 17.1 Å². The highest BCUT2D eigenvalue weighted by atomic mass is 19.1. The molecule has 0 unspecified atom stereocenters. The lowest BCUT2D eigenvalue weighted by molar-refractivity contribution is 0.390. The number of aromatic nitrogens is 2. The predicted molar refractivity (Wildman–Crippen MR) is 90.0 cm³/mol. The van der Waals surface area contributed by atoms with Gasteiger partial charge in [0.1, 0.15) is 23.0 Å². The van der Waals surface area contributed by atoms with E-state index in [1.54, 1.807) is 18.2 Å². The van der Waals surface area contributed by atoms with E-state index in [1.807, 2.05) is 0 Å². The van der Waals surface area contributed by atoms with Crippen LogP contribution in [-0.4, -0.2) is 28.9 Å². The summed E-state index contributed by atoms with van der Waals surface area (Å²) in [6, 6.07) is 11.5. The van der Waals surface area contributed by atoms with E-state index in [1.165, 1.54) is 43.1 Å². The highest BCUT2D eigenvalue weighted by Crippen LogP contribution is 2.34. The van der Waals surface area contributed by atoms with Gasteiger partial charge >= 0.3 is 0 Å². The summed E-state index contributed by atoms with van der Waals surface area (Å²) in [5.41, 5.74) is 0.251. The zero-order chi connectivity index (χ0) is 18.0. The van der Waals surface area contributed by atoms with E-state index in [0.717, 1.165) is 6.07 Å². The highest BCUT2D eigenvalue weighted by molar-refractivity contribution is 5.65. The van der Waals surface area contributed by atoms with Gasteiger partial charge in [0.25, 0.3) is 5.56 Å². The predicted octanol–water partition coefficient (Wildman–Crippen LogP) is 2.76. The lowest BCUT2D eigenvalue weighted by Crippen LogP contribution is -2.21. The molecule has 0 fully saturated rings. The van der Waals surface area contributed by atoms with Gasteiger partial charge in [-0.15, -0.1) is 0 Å². The molecule has 0 amide bonds. The van der Waals surface area contributed by atoms with Crippen LogP contribution in [-0.2, 0) is 0 Å². The van der Waals surface area contributed by atoms with Crippen LogP contribution >= 0.6 is 0 Å². The topological polar surface area (TPSA) is 73.6 Å². The summed E-state index contributed by atoms with van der Waals surface area (Å²) in [7, 11) is 2.93. The molecule has 1 aromatic heterocycles. The molecule has 0 aliphatic heterocycles. The monoisotopic (exact) mass is 342 g/mol. The van der Waals surface area contributed by atoms with Crippen LogP contribution in [0.1, 0.15) is 0 Å². The molecule has 0 saturated carbocycles. The number of nitrogens with zero attached hydrogens (tertiary/aromatic N) is 2. The zero-order valence-electron chi connectivity index (χ0n) is 13.6. The Morgan fingerprint density at radius 3 is 2.20 bits per heavy atom. The first-order valence-electron chi connectivity index (χ1n) is 7.35. The van der Waals surface area contributed by atoms with Crippen molar-refractivity contribution in [3.8, 4) is 34.5 Å². The maximum absolute atomic E-state index is 13.2. The van der Waals surface area contributed by atoms with Gasteiger partial charge in [0.2, 0.25) is 5.88 Å². The Balaban J connectivity index is 2.38. The molecule has 0 radical (unpaired) electrons. The van der Waals surface area contributed by atoms with E-state index in [4.69, 9.17) is 9.47 Å². The van der Waals surface area contributed by atoms with Gasteiger partial charge in [-0.2, -0.15) is 4.98 Å². The van der Waals surface area contributed by atoms with Crippen molar-refractivity contribution in [2.45, 2.75) is 0 Å². The molecular formula is C18H15FN2O4. The molecule has 1 heterocycles. The van der Waals surface area contributed by atoms with E-state index in [9.17, 15) is 14.3 Å². The Kier molecular flexibility index (Phi) is 4.38. The van der Waals surface area contributed by atoms with Gasteiger partial charge in [-0.25, -0.2) is 4.39 Å². The van der Waals surface area contributed by atoms with E-state index >= 15 is 0 Å². The molecule has 7 heteroatoms. The average molecular weight is 342 g/mol. The van der Waals surface area contributed by atoms with Crippen LogP contribution in [0.3, 0.4) is 0 Å². The van der Waals surface area contributed by atoms with Gasteiger partial charge in [0, 0.05) is 5.56 Å². The molecule has 0 aliphatic carbocycles. The molecule has 3 aromatic rings. The minimum absolute atomic E-state index is 0.132. The Morgan fingerprint density at radius 2 is 1.64 bits per heavy atom. The van der Waals surface area contributed by atoms with Crippen LogP contribution < -0.4 is 15.0 Å². The molecule has 25 heavy (non-hydrogen) atoms. The summed E-state index contributed by atoms with van der Waals surface area (Å²) in [5, 5.41) is 9.77. The maximum Gasteiger partial charge on any atom is 0.262 e. The van der Waals surface area contributed by atoms with Crippen LogP contribution in [0, 0.1) is 5.82 Å². The SMILES string of the molecule is COc1cccc(OC)c1-n1c(-c2ccc(F)cc2)nc(O)cc1=O. The van der Waals surface area contributed by atoms with Crippen molar-refractivity contribution in [1.29, 1.82) is 0 Å². The first kappa shape index (κ1) is 16.5. The van der Waals surface area contributed by atoms with E-state index in [-0.39, 0.29) is 5.82 Å². The molecule has 0 atom stereocenters. The number of rotatable bonds is 4. The summed E-state index contributed by atoms with van der Waals surface area (Å²) < 4.78 is 25.2. The summed E-state index contributed by atoms with van der Waals surface area (Å²) in [6.45, 7) is 0. The molecule has 3 rings (SSSR count). The molecule has 0 aliphatic rings. The third kappa shape index (κ3) is 3.03. The van der Waals surface area contributed by atoms with Crippen molar-refractivity contribution < 1.29 is 19.0 Å². The molecule has 0 spiro atoms. The fraction of sp³-hybridized carbons (Fsp3) is 0.111. The number of aromatic hydroxyl groups is 1. The van der Waals surface area contributed by atoms with Gasteiger partial charge in [-0.1, -0.05) is 6.07 Å². The van der Waals surface area contributed by atoms with Gasteiger partial charge in [-0.3, -0.25) is 9.36 Å². The van der Waals surface area contributed by atoms with Crippen molar-refractivity contribution in [3.05, 3.63) is 64.7 Å². The van der Waals surface area contributed by atoms with Crippen molar-refractivity contribution in [1.82, 2.24) is 9.55 Å². The lowest BCUT2D eigenvalue weighted by atomic mass is 10.2. The maximum atomic E-state index is 13.2. The second-order valence-electron chi connectivity index (χ2n) is 5.13. The van der Waals surface area contributed by atoms with Crippen LogP contribution in [0.2, 0.25) is 0 Å². The summed E-state index contributed by atoms with van der Waals surface area (Å²) in [5.74, 6) is 0.0458. The second-order valence-corrected chi connectivity index (χ2v) is 5.13. The molecule has 2 aromatic carbocycles. The number of halogens is 1. The Bertz CT molecular complexity index is 946. The van der Waals surface area contributed by atoms with E-state index in [2.05, 4.69) is 4.98 Å². The molecule has 128 valence electrons. The van der Waals surface area contributed by atoms with Gasteiger partial charge in [0.05, 0.1) is 20.3 Å². The molecule has 0 bridgehead atoms. The van der Waals surface area contributed by atoms with Crippen LogP contribution in [0.15, 0.2) is 53.3 Å². The second kappa shape index (κ2) is 6.64. The minimum atomic E-state index is -0.533. The normalized spacial score (nSPS) is 10.5. The largest absolute Gasteiger partial charge is 0.494 e. The van der Waals surface area contributed by atoms with Crippen molar-refractivity contribution >= 4 is 0 Å². The van der Waals surface area contributed by atoms with Crippen molar-refractivity contribution in [3.63, 3.8) is 0 Å². The summed E-state index contributed by atoms with van der Waals surface area (Å²) in [4.78, 5) is 16.7. The summed E-state index contributed by atoms with van der Waals surface area (Å²) in [6.07, 6.45) is 0. The Hall–Kier alpha value is -3.35. The number of hydrogen-bond acceptors (Lipinski definition) is 5. The number of ether oxygens (including phenoxy) is 2. The van der Waals surface area contributed by atoms with Gasteiger partial charge in [0.15, 0.2) is 5.82 Å². The van der Waals surface area contributed by atoms with Crippen LogP contribution in [0.4, 0.5) is 4.39 Å². The Morgan fingerprint density at radius 1 is 1.04 bits per heavy atom. The molecular weight excluding hydrogens is 327 g/mol. The standard InChI is InChI=1S/C18H15FN2O4/c1-24-13-4-3-5-14(25-2)17(13)21-16(23)10-15(22)20-18(21)11-6-8-12(19)9-7-11/h3-10,22H,1-2H3. The lowest BCUT2D eigenvalue weighted by Gasteiger charge is -2.18. The highest BCUT2D eigenvalue weighted by Gasteiger charge is 2.19. The average Bonchev–Trinajstić information content (AvgIpc) is 2.61. The fourth-order valence-corrected chi connectivity index (χ4v) is 2.53. The first-order chi connectivity index (χ1) is 12.0. The third-order valence-corrected chi connectivity index (χ3v) is 3.63. The molecule has 6 nitrogen and oxygen atoms in total. The number of methoxy groups -OCH3 is 2. The molecule has 1 N–H and O–H groups in total. The van der Waals surface area contributed by atoms with Gasteiger partial charge in [-0.05, 0) is 36.4 Å². The Labute approximate surface area is 142 Å². The number of para-hydroxylation sites is 1. The third-order valence-electron chi connectivity index (χ3n) is 3.63. The van der Waals surface area contributed by atoms with E-state index < -0.39 is 17.3 Å². The van der Waals surface area contributed by atoms with Crippen molar-refractivity contribution in [2.24, 2.45) is 0 Å². The van der Waals surface area contributed by atoms with Crippen molar-refractivity contribution in [2.75, 3.05) is 14.2 Å².